The van der Waals surface area contributed by atoms with Crippen molar-refractivity contribution in [1.82, 2.24) is 10.4 Å². The lowest BCUT2D eigenvalue weighted by Gasteiger charge is -2.11. The number of hydrogen-bond acceptors (Lipinski definition) is 2. The van der Waals surface area contributed by atoms with E-state index in [4.69, 9.17) is 0 Å². The fraction of sp³-hybridized carbons (Fsp3) is 0.375. The third-order valence-electron chi connectivity index (χ3n) is 4.65. The molecule has 102 valence electrons. The highest BCUT2D eigenvalue weighted by atomic mass is 16.2. The van der Waals surface area contributed by atoms with Crippen LogP contribution in [-0.2, 0) is 0 Å². The summed E-state index contributed by atoms with van der Waals surface area (Å²) in [5.41, 5.74) is 5.56. The lowest BCUT2D eigenvalue weighted by Crippen LogP contribution is -2.21. The second kappa shape index (κ2) is 4.47. The summed E-state index contributed by atoms with van der Waals surface area (Å²) in [7, 11) is 0. The number of hydrazone groups is 1. The van der Waals surface area contributed by atoms with Crippen LogP contribution >= 0.6 is 0 Å². The third-order valence-corrected chi connectivity index (χ3v) is 4.65. The van der Waals surface area contributed by atoms with Gasteiger partial charge in [0.15, 0.2) is 0 Å². The monoisotopic (exact) mass is 267 g/mol. The molecule has 2 bridgehead atoms. The maximum atomic E-state index is 12.2. The van der Waals surface area contributed by atoms with Gasteiger partial charge in [0, 0.05) is 22.8 Å². The number of nitrogens with zero attached hydrogens (tertiary/aromatic N) is 1. The number of carbonyl (C=O) groups excluding carboxylic acids is 1. The molecule has 0 aliphatic heterocycles. The molecule has 0 spiro atoms. The largest absolute Gasteiger partial charge is 0.360 e. The average Bonchev–Trinajstić information content (AvgIpc) is 3.19. The molecule has 4 nitrogen and oxygen atoms in total. The fourth-order valence-electron chi connectivity index (χ4n) is 3.60. The number of hydrogen-bond donors (Lipinski definition) is 2. The number of amides is 1. The van der Waals surface area contributed by atoms with Crippen LogP contribution in [0.2, 0.25) is 0 Å². The smallest absolute Gasteiger partial charge is 0.273 e. The summed E-state index contributed by atoms with van der Waals surface area (Å²) in [4.78, 5) is 15.4. The highest BCUT2D eigenvalue weighted by molar-refractivity contribution is 6.07. The van der Waals surface area contributed by atoms with Crippen molar-refractivity contribution in [3.05, 3.63) is 36.0 Å². The highest BCUT2D eigenvalue weighted by Gasteiger charge is 2.36. The Morgan fingerprint density at radius 2 is 2.20 bits per heavy atom. The molecule has 1 aromatic heterocycles. The number of carbonyl (C=O) groups is 1. The predicted octanol–water partition coefficient (Wildman–Crippen LogP) is 3.07. The van der Waals surface area contributed by atoms with E-state index in [1.165, 1.54) is 25.0 Å². The second-order valence-corrected chi connectivity index (χ2v) is 5.87. The standard InChI is InChI=1S/C16H17N3O/c20-16(13-9-17-14-4-2-1-3-12(13)14)19-18-15-8-10-5-6-11(15)7-10/h1-4,9-11,17H,5-8H2,(H,19,20). The van der Waals surface area contributed by atoms with Gasteiger partial charge < -0.3 is 4.98 Å². The summed E-state index contributed by atoms with van der Waals surface area (Å²) in [6, 6.07) is 7.81. The van der Waals surface area contributed by atoms with Crippen molar-refractivity contribution >= 4 is 22.5 Å². The number of H-pyrrole nitrogens is 1. The SMILES string of the molecule is O=C(NN=C1CC2CCC1C2)c1c[nH]c2ccccc12. The molecule has 1 aromatic carbocycles. The van der Waals surface area contributed by atoms with Gasteiger partial charge >= 0.3 is 0 Å². The van der Waals surface area contributed by atoms with E-state index in [1.54, 1.807) is 6.20 Å². The zero-order valence-electron chi connectivity index (χ0n) is 11.2. The van der Waals surface area contributed by atoms with Crippen molar-refractivity contribution in [2.75, 3.05) is 0 Å². The van der Waals surface area contributed by atoms with Gasteiger partial charge in [0.1, 0.15) is 0 Å². The van der Waals surface area contributed by atoms with Crippen molar-refractivity contribution < 1.29 is 4.79 Å². The van der Waals surface area contributed by atoms with Gasteiger partial charge in [-0.15, -0.1) is 0 Å². The van der Waals surface area contributed by atoms with E-state index < -0.39 is 0 Å². The van der Waals surface area contributed by atoms with Crippen molar-refractivity contribution in [1.29, 1.82) is 0 Å². The average molecular weight is 267 g/mol. The number of aromatic nitrogens is 1. The molecular formula is C16H17N3O. The predicted molar refractivity (Wildman–Crippen MR) is 78.6 cm³/mol. The van der Waals surface area contributed by atoms with Gasteiger partial charge in [-0.05, 0) is 43.6 Å². The molecule has 2 aliphatic rings. The number of nitrogens with one attached hydrogen (secondary N) is 2. The molecule has 1 heterocycles. The minimum atomic E-state index is -0.127. The Labute approximate surface area is 117 Å². The molecule has 0 radical (unpaired) electrons. The van der Waals surface area contributed by atoms with Gasteiger partial charge in [-0.2, -0.15) is 5.10 Å². The lowest BCUT2D eigenvalue weighted by atomic mass is 9.99. The number of para-hydroxylation sites is 1. The van der Waals surface area contributed by atoms with E-state index in [0.717, 1.165) is 23.2 Å². The fourth-order valence-corrected chi connectivity index (χ4v) is 3.60. The van der Waals surface area contributed by atoms with Crippen LogP contribution in [0.3, 0.4) is 0 Å². The summed E-state index contributed by atoms with van der Waals surface area (Å²) >= 11 is 0. The van der Waals surface area contributed by atoms with E-state index >= 15 is 0 Å². The molecule has 4 rings (SSSR count). The van der Waals surface area contributed by atoms with Crippen molar-refractivity contribution in [3.8, 4) is 0 Å². The Balaban J connectivity index is 1.55. The minimum absolute atomic E-state index is 0.127. The van der Waals surface area contributed by atoms with E-state index in [2.05, 4.69) is 15.5 Å². The lowest BCUT2D eigenvalue weighted by molar-refractivity contribution is 0.0956. The van der Waals surface area contributed by atoms with Crippen LogP contribution in [-0.4, -0.2) is 16.6 Å². The first kappa shape index (κ1) is 11.7. The number of aromatic amines is 1. The minimum Gasteiger partial charge on any atom is -0.360 e. The highest BCUT2D eigenvalue weighted by Crippen LogP contribution is 2.42. The van der Waals surface area contributed by atoms with E-state index in [1.807, 2.05) is 24.3 Å². The van der Waals surface area contributed by atoms with Gasteiger partial charge in [0.25, 0.3) is 5.91 Å². The van der Waals surface area contributed by atoms with Crippen LogP contribution < -0.4 is 5.43 Å². The van der Waals surface area contributed by atoms with Gasteiger partial charge in [0.2, 0.25) is 0 Å². The van der Waals surface area contributed by atoms with Gasteiger partial charge in [-0.25, -0.2) is 5.43 Å². The third kappa shape index (κ3) is 1.83. The first-order chi connectivity index (χ1) is 9.81. The van der Waals surface area contributed by atoms with Crippen LogP contribution in [0.4, 0.5) is 0 Å². The second-order valence-electron chi connectivity index (χ2n) is 5.87. The Bertz CT molecular complexity index is 701. The quantitative estimate of drug-likeness (QED) is 0.807. The molecule has 4 heteroatoms. The zero-order valence-corrected chi connectivity index (χ0v) is 11.2. The Hall–Kier alpha value is -2.10. The van der Waals surface area contributed by atoms with Crippen LogP contribution in [0.1, 0.15) is 36.0 Å². The molecule has 0 saturated heterocycles. The van der Waals surface area contributed by atoms with Gasteiger partial charge in [-0.1, -0.05) is 18.2 Å². The first-order valence-corrected chi connectivity index (χ1v) is 7.24. The van der Waals surface area contributed by atoms with Crippen LogP contribution in [0.15, 0.2) is 35.6 Å². The molecule has 2 aromatic rings. The van der Waals surface area contributed by atoms with Crippen molar-refractivity contribution in [2.45, 2.75) is 25.7 Å². The van der Waals surface area contributed by atoms with E-state index in [-0.39, 0.29) is 5.91 Å². The normalized spacial score (nSPS) is 26.5. The van der Waals surface area contributed by atoms with Gasteiger partial charge in [-0.3, -0.25) is 4.79 Å². The summed E-state index contributed by atoms with van der Waals surface area (Å²) in [6.07, 6.45) is 6.66. The molecule has 2 N–H and O–H groups in total. The molecule has 2 unspecified atom stereocenters. The van der Waals surface area contributed by atoms with Crippen molar-refractivity contribution in [2.24, 2.45) is 16.9 Å². The summed E-state index contributed by atoms with van der Waals surface area (Å²) in [6.45, 7) is 0. The molecule has 1 amide bonds. The maximum absolute atomic E-state index is 12.2. The first-order valence-electron chi connectivity index (χ1n) is 7.24. The molecule has 2 atom stereocenters. The van der Waals surface area contributed by atoms with E-state index in [9.17, 15) is 4.79 Å². The van der Waals surface area contributed by atoms with E-state index in [0.29, 0.717) is 11.5 Å². The Kier molecular flexibility index (Phi) is 2.62. The van der Waals surface area contributed by atoms with Crippen molar-refractivity contribution in [3.63, 3.8) is 0 Å². The summed E-state index contributed by atoms with van der Waals surface area (Å²) in [5, 5.41) is 5.31. The van der Waals surface area contributed by atoms with Gasteiger partial charge in [0.05, 0.1) is 5.56 Å². The topological polar surface area (TPSA) is 57.2 Å². The molecule has 20 heavy (non-hydrogen) atoms. The summed E-state index contributed by atoms with van der Waals surface area (Å²) in [5.74, 6) is 1.30. The number of fused-ring (bicyclic) bond motifs is 3. The number of rotatable bonds is 2. The molecular weight excluding hydrogens is 250 g/mol. The Morgan fingerprint density at radius 1 is 1.30 bits per heavy atom. The van der Waals surface area contributed by atoms with Crippen LogP contribution in [0.5, 0.6) is 0 Å². The van der Waals surface area contributed by atoms with Crippen LogP contribution in [0.25, 0.3) is 10.9 Å². The zero-order chi connectivity index (χ0) is 13.5. The Morgan fingerprint density at radius 3 is 3.00 bits per heavy atom. The summed E-state index contributed by atoms with van der Waals surface area (Å²) < 4.78 is 0. The maximum Gasteiger partial charge on any atom is 0.273 e. The molecule has 2 aliphatic carbocycles. The number of benzene rings is 1. The molecule has 2 fully saturated rings. The molecule has 2 saturated carbocycles. The van der Waals surface area contributed by atoms with Crippen LogP contribution in [0, 0.1) is 11.8 Å².